The van der Waals surface area contributed by atoms with Crippen LogP contribution < -0.4 is 21.3 Å². The molecule has 0 spiro atoms. The number of hydrogen-bond acceptors (Lipinski definition) is 10. The van der Waals surface area contributed by atoms with Crippen LogP contribution >= 0.6 is 22.7 Å². The third-order valence-corrected chi connectivity index (χ3v) is 12.3. The van der Waals surface area contributed by atoms with Crippen LogP contribution in [-0.4, -0.2) is 38.5 Å². The summed E-state index contributed by atoms with van der Waals surface area (Å²) in [6.45, 7) is 2.72. The van der Waals surface area contributed by atoms with Gasteiger partial charge in [0, 0.05) is 23.6 Å². The van der Waals surface area contributed by atoms with Crippen LogP contribution in [0.3, 0.4) is 0 Å². The Morgan fingerprint density at radius 3 is 1.64 bits per heavy atom. The molecule has 0 saturated heterocycles. The lowest BCUT2D eigenvalue weighted by atomic mass is 10.0. The summed E-state index contributed by atoms with van der Waals surface area (Å²) in [5.41, 5.74) is 11.5. The van der Waals surface area contributed by atoms with Gasteiger partial charge < -0.3 is 30.1 Å². The molecule has 12 nitrogen and oxygen atoms in total. The van der Waals surface area contributed by atoms with E-state index >= 15 is 0 Å². The molecule has 10 aromatic rings. The Kier molecular flexibility index (Phi) is 11.2. The van der Waals surface area contributed by atoms with Gasteiger partial charge in [-0.2, -0.15) is 0 Å². The third kappa shape index (κ3) is 8.60. The van der Waals surface area contributed by atoms with Gasteiger partial charge in [0.25, 0.3) is 0 Å². The van der Waals surface area contributed by atoms with Crippen LogP contribution in [0.5, 0.6) is 0 Å². The number of carbonyl (C=O) groups is 2. The Bertz CT molecular complexity index is 3240. The van der Waals surface area contributed by atoms with Crippen LogP contribution in [0.25, 0.3) is 88.4 Å². The van der Waals surface area contributed by atoms with Gasteiger partial charge in [-0.15, -0.1) is 22.7 Å². The Hall–Kier alpha value is -7.94. The molecule has 6 heterocycles. The maximum Gasteiger partial charge on any atom is 0.323 e. The molecule has 4 aromatic carbocycles. The van der Waals surface area contributed by atoms with E-state index in [0.29, 0.717) is 63.1 Å². The number of nitrogens with one attached hydrogen (secondary N) is 4. The smallest absolute Gasteiger partial charge is 0.323 e. The zero-order chi connectivity index (χ0) is 43.4. The lowest BCUT2D eigenvalue weighted by molar-refractivity contribution is 0.252. The van der Waals surface area contributed by atoms with Gasteiger partial charge in [0.2, 0.25) is 0 Å². The van der Waals surface area contributed by atoms with E-state index in [-0.39, 0.29) is 12.1 Å². The summed E-state index contributed by atoms with van der Waals surface area (Å²) in [5.74, 6) is 1.13. The number of unbranched alkanes of at least 4 members (excludes halogenated alkanes) is 1. The van der Waals surface area contributed by atoms with E-state index in [0.717, 1.165) is 61.8 Å². The number of amides is 4. The zero-order valence-corrected chi connectivity index (χ0v) is 35.9. The first-order valence-electron chi connectivity index (χ1n) is 20.6. The highest BCUT2D eigenvalue weighted by molar-refractivity contribution is 7.14. The maximum atomic E-state index is 13.1. The SMILES string of the molecule is CCCCNC(=O)Nc1ccc2nc(-c3cc(-c4ccc(-c5ccc(NC(=O)Nc6ccc7nc(-c8ccco8)c(-c8ccco8)nc7c6)cc5)cc4)cs3)c(-c3cccs3)nc2c1. The number of rotatable bonds is 12. The van der Waals surface area contributed by atoms with Gasteiger partial charge in [-0.3, -0.25) is 0 Å². The van der Waals surface area contributed by atoms with Gasteiger partial charge in [0.05, 0.1) is 44.3 Å². The zero-order valence-electron chi connectivity index (χ0n) is 34.3. The molecule has 4 N–H and O–H groups in total. The average Bonchev–Trinajstić information content (AvgIpc) is 4.18. The molecule has 0 saturated carbocycles. The van der Waals surface area contributed by atoms with Crippen LogP contribution in [0.2, 0.25) is 0 Å². The van der Waals surface area contributed by atoms with Gasteiger partial charge in [-0.25, -0.2) is 29.5 Å². The van der Waals surface area contributed by atoms with E-state index in [2.05, 4.69) is 70.0 Å². The average molecular weight is 879 g/mol. The first-order valence-corrected chi connectivity index (χ1v) is 22.4. The summed E-state index contributed by atoms with van der Waals surface area (Å²) < 4.78 is 11.3. The molecule has 14 heteroatoms. The number of fused-ring (bicyclic) bond motifs is 2. The Balaban J connectivity index is 0.813. The van der Waals surface area contributed by atoms with E-state index < -0.39 is 0 Å². The maximum absolute atomic E-state index is 13.1. The number of anilines is 3. The minimum atomic E-state index is -0.388. The predicted octanol–water partition coefficient (Wildman–Crippen LogP) is 13.4. The number of thiophene rings is 2. The van der Waals surface area contributed by atoms with Crippen molar-refractivity contribution < 1.29 is 18.4 Å². The first kappa shape index (κ1) is 40.2. The van der Waals surface area contributed by atoms with E-state index in [9.17, 15) is 9.59 Å². The summed E-state index contributed by atoms with van der Waals surface area (Å²) in [4.78, 5) is 47.4. The van der Waals surface area contributed by atoms with Crippen LogP contribution in [0, 0.1) is 0 Å². The number of nitrogens with zero attached hydrogens (tertiary/aromatic N) is 4. The Morgan fingerprint density at radius 1 is 0.516 bits per heavy atom. The standard InChI is InChI=1S/C50H38N8O4S2/c1-2-3-22-51-49(59)53-35-18-21-38-40(27-35)58-47(43-9-6-25-63-43)48(56-38)44-26-33(29-64-44)32-12-10-30(11-13-32)31-14-16-34(17-15-31)52-50(60)54-36-19-20-37-39(28-36)57-46(42-8-5-24-62-42)45(55-37)41-7-4-23-61-41/h4-21,23-29H,2-3,22H2,1H3,(H2,51,53,59)(H2,52,54,60). The third-order valence-electron chi connectivity index (χ3n) is 10.5. The van der Waals surface area contributed by atoms with Gasteiger partial charge in [-0.05, 0) is 124 Å². The molecule has 4 amide bonds. The summed E-state index contributed by atoms with van der Waals surface area (Å²) in [5, 5.41) is 15.8. The lowest BCUT2D eigenvalue weighted by Crippen LogP contribution is -2.29. The van der Waals surface area contributed by atoms with Crippen molar-refractivity contribution in [1.29, 1.82) is 0 Å². The molecule has 0 aliphatic heterocycles. The minimum Gasteiger partial charge on any atom is -0.463 e. The minimum absolute atomic E-state index is 0.235. The predicted molar refractivity (Wildman–Crippen MR) is 257 cm³/mol. The molecular formula is C50H38N8O4S2. The molecule has 0 fully saturated rings. The number of carbonyl (C=O) groups excluding carboxylic acids is 2. The second kappa shape index (κ2) is 17.8. The summed E-state index contributed by atoms with van der Waals surface area (Å²) in [7, 11) is 0. The van der Waals surface area contributed by atoms with E-state index in [4.69, 9.17) is 28.8 Å². The van der Waals surface area contributed by atoms with Crippen molar-refractivity contribution in [3.63, 3.8) is 0 Å². The van der Waals surface area contributed by atoms with Crippen LogP contribution in [0.1, 0.15) is 19.8 Å². The molecule has 0 atom stereocenters. The topological polar surface area (TPSA) is 160 Å². The molecule has 0 radical (unpaired) electrons. The second-order valence-electron chi connectivity index (χ2n) is 14.8. The van der Waals surface area contributed by atoms with E-state index in [1.165, 1.54) is 0 Å². The first-order chi connectivity index (χ1) is 31.4. The van der Waals surface area contributed by atoms with Gasteiger partial charge >= 0.3 is 12.1 Å². The second-order valence-corrected chi connectivity index (χ2v) is 16.7. The highest BCUT2D eigenvalue weighted by Crippen LogP contribution is 2.39. The molecule has 64 heavy (non-hydrogen) atoms. The van der Waals surface area contributed by atoms with Gasteiger partial charge in [0.15, 0.2) is 11.5 Å². The number of furan rings is 2. The number of urea groups is 2. The summed E-state index contributed by atoms with van der Waals surface area (Å²) >= 11 is 3.25. The number of aromatic nitrogens is 4. The normalized spacial score (nSPS) is 11.2. The molecule has 0 unspecified atom stereocenters. The van der Waals surface area contributed by atoms with Crippen molar-refractivity contribution in [3.05, 3.63) is 151 Å². The fraction of sp³-hybridized carbons (Fsp3) is 0.0800. The summed E-state index contributed by atoms with van der Waals surface area (Å²) in [6, 6.07) is 40.0. The van der Waals surface area contributed by atoms with Crippen LogP contribution in [-0.2, 0) is 0 Å². The fourth-order valence-corrected chi connectivity index (χ4v) is 8.87. The molecule has 314 valence electrons. The van der Waals surface area contributed by atoms with Gasteiger partial charge in [-0.1, -0.05) is 55.8 Å². The fourth-order valence-electron chi connectivity index (χ4n) is 7.25. The van der Waals surface area contributed by atoms with Crippen molar-refractivity contribution in [2.24, 2.45) is 0 Å². The van der Waals surface area contributed by atoms with Crippen molar-refractivity contribution >= 4 is 73.9 Å². The summed E-state index contributed by atoms with van der Waals surface area (Å²) in [6.07, 6.45) is 5.11. The number of hydrogen-bond donors (Lipinski definition) is 4. The van der Waals surface area contributed by atoms with Gasteiger partial charge in [0.1, 0.15) is 22.8 Å². The monoisotopic (exact) mass is 878 g/mol. The molecule has 6 aromatic heterocycles. The highest BCUT2D eigenvalue weighted by atomic mass is 32.1. The van der Waals surface area contributed by atoms with E-state index in [1.54, 1.807) is 59.5 Å². The molecule has 0 aliphatic carbocycles. The lowest BCUT2D eigenvalue weighted by Gasteiger charge is -2.11. The van der Waals surface area contributed by atoms with Crippen LogP contribution in [0.15, 0.2) is 160 Å². The number of benzene rings is 4. The molecule has 10 rings (SSSR count). The van der Waals surface area contributed by atoms with Crippen molar-refractivity contribution in [3.8, 4) is 66.3 Å². The largest absolute Gasteiger partial charge is 0.463 e. The van der Waals surface area contributed by atoms with Crippen molar-refractivity contribution in [1.82, 2.24) is 25.3 Å². The highest BCUT2D eigenvalue weighted by Gasteiger charge is 2.19. The quantitative estimate of drug-likeness (QED) is 0.0882. The molecular weight excluding hydrogens is 841 g/mol. The van der Waals surface area contributed by atoms with E-state index in [1.807, 2.05) is 72.1 Å². The van der Waals surface area contributed by atoms with Crippen molar-refractivity contribution in [2.75, 3.05) is 22.5 Å². The molecule has 0 bridgehead atoms. The van der Waals surface area contributed by atoms with Crippen LogP contribution in [0.4, 0.5) is 26.7 Å². The van der Waals surface area contributed by atoms with Crippen molar-refractivity contribution in [2.45, 2.75) is 19.8 Å². The molecule has 0 aliphatic rings. The Morgan fingerprint density at radius 2 is 1.05 bits per heavy atom. The Labute approximate surface area is 375 Å².